The second kappa shape index (κ2) is 7.58. The second-order valence-corrected chi connectivity index (χ2v) is 6.39. The minimum Gasteiger partial charge on any atom is -0.497 e. The fourth-order valence-corrected chi connectivity index (χ4v) is 3.01. The van der Waals surface area contributed by atoms with Crippen molar-refractivity contribution in [2.45, 2.75) is 20.4 Å². The van der Waals surface area contributed by atoms with Crippen LogP contribution < -0.4 is 4.74 Å². The fourth-order valence-electron chi connectivity index (χ4n) is 2.89. The summed E-state index contributed by atoms with van der Waals surface area (Å²) in [6.45, 7) is 4.85. The van der Waals surface area contributed by atoms with Crippen LogP contribution in [0.2, 0.25) is 5.02 Å². The molecule has 3 aromatic rings. The highest BCUT2D eigenvalue weighted by molar-refractivity contribution is 6.30. The molecule has 0 bridgehead atoms. The molecule has 4 heteroatoms. The zero-order chi connectivity index (χ0) is 17.8. The van der Waals surface area contributed by atoms with Gasteiger partial charge in [0.15, 0.2) is 0 Å². The number of hydrogen-bond donors (Lipinski definition) is 0. The van der Waals surface area contributed by atoms with Gasteiger partial charge in [-0.15, -0.1) is 0 Å². The van der Waals surface area contributed by atoms with Gasteiger partial charge in [0.1, 0.15) is 5.75 Å². The third-order valence-corrected chi connectivity index (χ3v) is 4.47. The van der Waals surface area contributed by atoms with Crippen LogP contribution in [0.25, 0.3) is 5.69 Å². The lowest BCUT2D eigenvalue weighted by Gasteiger charge is -2.09. The Hall–Kier alpha value is -2.52. The zero-order valence-corrected chi connectivity index (χ0v) is 15.4. The van der Waals surface area contributed by atoms with E-state index < -0.39 is 0 Å². The maximum Gasteiger partial charge on any atom is 0.118 e. The summed E-state index contributed by atoms with van der Waals surface area (Å²) in [6, 6.07) is 18.0. The zero-order valence-electron chi connectivity index (χ0n) is 14.7. The van der Waals surface area contributed by atoms with Gasteiger partial charge in [0.05, 0.1) is 13.7 Å². The lowest BCUT2D eigenvalue weighted by molar-refractivity contribution is 0.414. The lowest BCUT2D eigenvalue weighted by Crippen LogP contribution is -1.99. The Morgan fingerprint density at radius 2 is 1.72 bits per heavy atom. The van der Waals surface area contributed by atoms with E-state index in [-0.39, 0.29) is 0 Å². The van der Waals surface area contributed by atoms with Crippen LogP contribution in [0.5, 0.6) is 5.75 Å². The first kappa shape index (κ1) is 17.3. The van der Waals surface area contributed by atoms with Crippen LogP contribution >= 0.6 is 11.6 Å². The van der Waals surface area contributed by atoms with E-state index in [0.29, 0.717) is 6.54 Å². The molecule has 0 aliphatic rings. The highest BCUT2D eigenvalue weighted by Gasteiger charge is 2.09. The van der Waals surface area contributed by atoms with Crippen LogP contribution in [0.15, 0.2) is 59.6 Å². The molecule has 0 unspecified atom stereocenters. The quantitative estimate of drug-likeness (QED) is 0.566. The average Bonchev–Trinajstić information content (AvgIpc) is 2.90. The number of hydrogen-bond acceptors (Lipinski definition) is 2. The van der Waals surface area contributed by atoms with Gasteiger partial charge in [-0.05, 0) is 61.9 Å². The Kier molecular flexibility index (Phi) is 5.25. The SMILES string of the molecule is COc1ccc(CN=Cc2cc(C)n(-c3ccc(Cl)cc3)c2C)cc1. The molecule has 0 N–H and O–H groups in total. The molecule has 0 saturated heterocycles. The number of benzene rings is 2. The smallest absolute Gasteiger partial charge is 0.118 e. The van der Waals surface area contributed by atoms with Crippen LogP contribution in [-0.4, -0.2) is 17.9 Å². The Bertz CT molecular complexity index is 878. The molecule has 0 amide bonds. The van der Waals surface area contributed by atoms with Gasteiger partial charge in [-0.1, -0.05) is 23.7 Å². The normalized spacial score (nSPS) is 11.2. The van der Waals surface area contributed by atoms with E-state index in [2.05, 4.69) is 29.5 Å². The van der Waals surface area contributed by atoms with Gasteiger partial charge >= 0.3 is 0 Å². The van der Waals surface area contributed by atoms with Crippen molar-refractivity contribution in [3.8, 4) is 11.4 Å². The van der Waals surface area contributed by atoms with Crippen molar-refractivity contribution in [2.24, 2.45) is 4.99 Å². The van der Waals surface area contributed by atoms with E-state index in [9.17, 15) is 0 Å². The minimum atomic E-state index is 0.647. The van der Waals surface area contributed by atoms with Gasteiger partial charge in [0, 0.05) is 33.9 Å². The maximum absolute atomic E-state index is 5.99. The number of aromatic nitrogens is 1. The predicted molar refractivity (Wildman–Crippen MR) is 105 cm³/mol. The fraction of sp³-hybridized carbons (Fsp3) is 0.190. The summed E-state index contributed by atoms with van der Waals surface area (Å²) in [5, 5.41) is 0.743. The van der Waals surface area contributed by atoms with Crippen molar-refractivity contribution in [2.75, 3.05) is 7.11 Å². The number of aliphatic imine (C=N–C) groups is 1. The van der Waals surface area contributed by atoms with Gasteiger partial charge in [0.25, 0.3) is 0 Å². The van der Waals surface area contributed by atoms with E-state index in [1.54, 1.807) is 7.11 Å². The first-order chi connectivity index (χ1) is 12.1. The average molecular weight is 353 g/mol. The molecule has 1 aromatic heterocycles. The lowest BCUT2D eigenvalue weighted by atomic mass is 10.2. The summed E-state index contributed by atoms with van der Waals surface area (Å²) in [6.07, 6.45) is 1.94. The van der Waals surface area contributed by atoms with Crippen molar-refractivity contribution in [1.29, 1.82) is 0 Å². The van der Waals surface area contributed by atoms with Crippen LogP contribution in [0.1, 0.15) is 22.5 Å². The molecule has 3 nitrogen and oxygen atoms in total. The first-order valence-corrected chi connectivity index (χ1v) is 8.54. The summed E-state index contributed by atoms with van der Waals surface area (Å²) in [4.78, 5) is 4.59. The maximum atomic E-state index is 5.99. The monoisotopic (exact) mass is 352 g/mol. The van der Waals surface area contributed by atoms with Crippen LogP contribution in [0.3, 0.4) is 0 Å². The number of nitrogens with zero attached hydrogens (tertiary/aromatic N) is 2. The minimum absolute atomic E-state index is 0.647. The third kappa shape index (κ3) is 3.94. The molecule has 1 heterocycles. The molecule has 0 spiro atoms. The highest BCUT2D eigenvalue weighted by atomic mass is 35.5. The van der Waals surface area contributed by atoms with E-state index in [0.717, 1.165) is 27.6 Å². The Morgan fingerprint density at radius 1 is 1.04 bits per heavy atom. The molecular weight excluding hydrogens is 332 g/mol. The molecule has 0 aliphatic carbocycles. The largest absolute Gasteiger partial charge is 0.497 e. The van der Waals surface area contributed by atoms with Gasteiger partial charge in [-0.3, -0.25) is 4.99 Å². The number of halogens is 1. The van der Waals surface area contributed by atoms with E-state index >= 15 is 0 Å². The van der Waals surface area contributed by atoms with Crippen LogP contribution in [-0.2, 0) is 6.54 Å². The molecular formula is C21H21ClN2O. The summed E-state index contributed by atoms with van der Waals surface area (Å²) >= 11 is 5.99. The van der Waals surface area contributed by atoms with E-state index in [4.69, 9.17) is 16.3 Å². The van der Waals surface area contributed by atoms with E-state index in [1.807, 2.05) is 54.7 Å². The summed E-state index contributed by atoms with van der Waals surface area (Å²) in [5.41, 5.74) is 5.72. The Balaban J connectivity index is 1.78. The van der Waals surface area contributed by atoms with Crippen LogP contribution in [0, 0.1) is 13.8 Å². The molecule has 0 radical (unpaired) electrons. The summed E-state index contributed by atoms with van der Waals surface area (Å²) < 4.78 is 7.39. The predicted octanol–water partition coefficient (Wildman–Crippen LogP) is 5.38. The molecule has 128 valence electrons. The summed E-state index contributed by atoms with van der Waals surface area (Å²) in [7, 11) is 1.67. The third-order valence-electron chi connectivity index (χ3n) is 4.22. The van der Waals surface area contributed by atoms with Crippen molar-refractivity contribution < 1.29 is 4.74 Å². The Labute approximate surface area is 153 Å². The highest BCUT2D eigenvalue weighted by Crippen LogP contribution is 2.21. The second-order valence-electron chi connectivity index (χ2n) is 5.96. The first-order valence-electron chi connectivity index (χ1n) is 8.16. The molecule has 2 aromatic carbocycles. The molecule has 0 atom stereocenters. The molecule has 25 heavy (non-hydrogen) atoms. The molecule has 3 rings (SSSR count). The van der Waals surface area contributed by atoms with Crippen molar-refractivity contribution in [3.05, 3.63) is 82.1 Å². The van der Waals surface area contributed by atoms with Gasteiger partial charge in [-0.25, -0.2) is 0 Å². The van der Waals surface area contributed by atoms with Gasteiger partial charge in [0.2, 0.25) is 0 Å². The number of rotatable bonds is 5. The van der Waals surface area contributed by atoms with Gasteiger partial charge < -0.3 is 9.30 Å². The van der Waals surface area contributed by atoms with Gasteiger partial charge in [-0.2, -0.15) is 0 Å². The molecule has 0 saturated carbocycles. The van der Waals surface area contributed by atoms with E-state index in [1.165, 1.54) is 11.4 Å². The Morgan fingerprint density at radius 3 is 2.36 bits per heavy atom. The summed E-state index contributed by atoms with van der Waals surface area (Å²) in [5.74, 6) is 0.860. The van der Waals surface area contributed by atoms with Crippen LogP contribution in [0.4, 0.5) is 0 Å². The number of ether oxygens (including phenoxy) is 1. The number of methoxy groups -OCH3 is 1. The van der Waals surface area contributed by atoms with Crippen molar-refractivity contribution in [3.63, 3.8) is 0 Å². The van der Waals surface area contributed by atoms with Crippen molar-refractivity contribution in [1.82, 2.24) is 4.57 Å². The topological polar surface area (TPSA) is 26.5 Å². The molecule has 0 fully saturated rings. The van der Waals surface area contributed by atoms with Crippen molar-refractivity contribution >= 4 is 17.8 Å². The molecule has 0 aliphatic heterocycles. The standard InChI is InChI=1S/C21H21ClN2O/c1-15-12-18(14-23-13-17-4-10-21(25-3)11-5-17)16(2)24(15)20-8-6-19(22)7-9-20/h4-12,14H,13H2,1-3H3. The number of aryl methyl sites for hydroxylation is 1.